The molecule has 5 rings (SSSR count). The molecule has 33 heavy (non-hydrogen) atoms. The molecule has 9 nitrogen and oxygen atoms in total. The monoisotopic (exact) mass is 466 g/mol. The highest BCUT2D eigenvalue weighted by atomic mass is 35.5. The lowest BCUT2D eigenvalue weighted by molar-refractivity contribution is -0.117. The Morgan fingerprint density at radius 1 is 1.12 bits per heavy atom. The number of nitrogens with one attached hydrogen (secondary N) is 1. The molecule has 1 amide bonds. The van der Waals surface area contributed by atoms with Crippen molar-refractivity contribution in [2.24, 2.45) is 0 Å². The number of aromatic nitrogens is 5. The second kappa shape index (κ2) is 8.06. The van der Waals surface area contributed by atoms with E-state index < -0.39 is 17.4 Å². The Kier molecular flexibility index (Phi) is 5.06. The van der Waals surface area contributed by atoms with Gasteiger partial charge in [-0.15, -0.1) is 5.10 Å². The van der Waals surface area contributed by atoms with E-state index in [1.165, 1.54) is 22.7 Å². The summed E-state index contributed by atoms with van der Waals surface area (Å²) < 4.78 is 22.4. The van der Waals surface area contributed by atoms with Crippen LogP contribution in [0.5, 0.6) is 5.75 Å². The van der Waals surface area contributed by atoms with Crippen LogP contribution in [0, 0.1) is 5.82 Å². The number of hydrogen-bond acceptors (Lipinski definition) is 5. The average molecular weight is 467 g/mol. The van der Waals surface area contributed by atoms with Crippen molar-refractivity contribution in [3.63, 3.8) is 0 Å². The van der Waals surface area contributed by atoms with Crippen molar-refractivity contribution in [3.05, 3.63) is 82.2 Å². The SMILES string of the molecule is COc1ccc(-c2cc3c4nn(CC(=O)Nc5ccc(F)cc5Cl)c(=O)n4ccn3n2)cc1. The van der Waals surface area contributed by atoms with Crippen molar-refractivity contribution < 1.29 is 13.9 Å². The number of ether oxygens (including phenoxy) is 1. The minimum Gasteiger partial charge on any atom is -0.497 e. The molecule has 2 aromatic carbocycles. The number of halogens is 2. The fraction of sp³-hybridized carbons (Fsp3) is 0.0909. The van der Waals surface area contributed by atoms with Gasteiger partial charge in [-0.1, -0.05) is 11.6 Å². The van der Waals surface area contributed by atoms with E-state index in [4.69, 9.17) is 16.3 Å². The van der Waals surface area contributed by atoms with Gasteiger partial charge in [-0.05, 0) is 48.5 Å². The van der Waals surface area contributed by atoms with Crippen molar-refractivity contribution in [2.45, 2.75) is 6.54 Å². The van der Waals surface area contributed by atoms with Crippen LogP contribution in [0.2, 0.25) is 5.02 Å². The quantitative estimate of drug-likeness (QED) is 0.429. The predicted octanol–water partition coefficient (Wildman–Crippen LogP) is 3.25. The Balaban J connectivity index is 1.47. The first-order valence-electron chi connectivity index (χ1n) is 9.80. The summed E-state index contributed by atoms with van der Waals surface area (Å²) in [5, 5.41) is 11.5. The molecule has 0 atom stereocenters. The molecule has 0 aliphatic rings. The smallest absolute Gasteiger partial charge is 0.350 e. The highest BCUT2D eigenvalue weighted by Gasteiger charge is 2.16. The molecule has 0 unspecified atom stereocenters. The maximum absolute atomic E-state index is 13.2. The van der Waals surface area contributed by atoms with Gasteiger partial charge in [0.05, 0.1) is 23.5 Å². The fourth-order valence-corrected chi connectivity index (χ4v) is 3.67. The summed E-state index contributed by atoms with van der Waals surface area (Å²) in [5.41, 5.74) is 2.26. The van der Waals surface area contributed by atoms with Crippen LogP contribution in [0.25, 0.3) is 22.4 Å². The molecule has 5 aromatic rings. The molecule has 0 aliphatic carbocycles. The number of amides is 1. The molecule has 0 saturated heterocycles. The number of anilines is 1. The van der Waals surface area contributed by atoms with E-state index in [0.29, 0.717) is 16.9 Å². The second-order valence-electron chi connectivity index (χ2n) is 7.19. The summed E-state index contributed by atoms with van der Waals surface area (Å²) >= 11 is 5.95. The van der Waals surface area contributed by atoms with Gasteiger partial charge in [-0.2, -0.15) is 5.10 Å². The largest absolute Gasteiger partial charge is 0.497 e. The number of hydrogen-bond donors (Lipinski definition) is 1. The van der Waals surface area contributed by atoms with Crippen molar-refractivity contribution >= 4 is 34.4 Å². The van der Waals surface area contributed by atoms with Gasteiger partial charge in [0.15, 0.2) is 5.65 Å². The highest BCUT2D eigenvalue weighted by molar-refractivity contribution is 6.33. The van der Waals surface area contributed by atoms with Crippen LogP contribution in [0.4, 0.5) is 10.1 Å². The van der Waals surface area contributed by atoms with Gasteiger partial charge in [-0.25, -0.2) is 22.8 Å². The fourth-order valence-electron chi connectivity index (χ4n) is 3.46. The number of rotatable bonds is 5. The zero-order valence-electron chi connectivity index (χ0n) is 17.2. The first-order valence-corrected chi connectivity index (χ1v) is 10.2. The lowest BCUT2D eigenvalue weighted by Crippen LogP contribution is -2.28. The van der Waals surface area contributed by atoms with Gasteiger partial charge in [0.25, 0.3) is 0 Å². The molecule has 166 valence electrons. The summed E-state index contributed by atoms with van der Waals surface area (Å²) in [5.74, 6) is -0.318. The lowest BCUT2D eigenvalue weighted by Gasteiger charge is -2.06. The van der Waals surface area contributed by atoms with Crippen LogP contribution in [0.15, 0.2) is 65.7 Å². The van der Waals surface area contributed by atoms with Crippen LogP contribution in [-0.4, -0.2) is 36.8 Å². The molecular formula is C22H16ClFN6O3. The number of carbonyl (C=O) groups excluding carboxylic acids is 1. The third kappa shape index (κ3) is 3.80. The Labute approximate surface area is 190 Å². The van der Waals surface area contributed by atoms with Gasteiger partial charge >= 0.3 is 5.69 Å². The molecule has 0 aliphatic heterocycles. The van der Waals surface area contributed by atoms with Crippen LogP contribution >= 0.6 is 11.6 Å². The third-order valence-corrected chi connectivity index (χ3v) is 5.39. The third-order valence-electron chi connectivity index (χ3n) is 5.08. The van der Waals surface area contributed by atoms with Crippen LogP contribution in [-0.2, 0) is 11.3 Å². The average Bonchev–Trinajstić information content (AvgIpc) is 3.37. The summed E-state index contributed by atoms with van der Waals surface area (Å²) in [6, 6.07) is 12.9. The maximum Gasteiger partial charge on any atom is 0.350 e. The molecule has 0 fully saturated rings. The van der Waals surface area contributed by atoms with Crippen molar-refractivity contribution in [1.29, 1.82) is 0 Å². The molecule has 0 radical (unpaired) electrons. The summed E-state index contributed by atoms with van der Waals surface area (Å²) in [4.78, 5) is 25.2. The van der Waals surface area contributed by atoms with Crippen molar-refractivity contribution in [3.8, 4) is 17.0 Å². The molecule has 0 saturated carbocycles. The van der Waals surface area contributed by atoms with Gasteiger partial charge in [0.2, 0.25) is 5.91 Å². The number of methoxy groups -OCH3 is 1. The summed E-state index contributed by atoms with van der Waals surface area (Å²) in [6.45, 7) is -0.347. The Bertz CT molecular complexity index is 1570. The molecule has 1 N–H and O–H groups in total. The molecule has 3 aromatic heterocycles. The highest BCUT2D eigenvalue weighted by Crippen LogP contribution is 2.24. The van der Waals surface area contributed by atoms with E-state index in [2.05, 4.69) is 15.5 Å². The number of nitrogens with zero attached hydrogens (tertiary/aromatic N) is 5. The van der Waals surface area contributed by atoms with E-state index in [1.807, 2.05) is 30.3 Å². The lowest BCUT2D eigenvalue weighted by atomic mass is 10.1. The number of carbonyl (C=O) groups is 1. The van der Waals surface area contributed by atoms with E-state index in [1.54, 1.807) is 17.8 Å². The van der Waals surface area contributed by atoms with Gasteiger partial charge in [-0.3, -0.25) is 4.79 Å². The van der Waals surface area contributed by atoms with Gasteiger partial charge in [0.1, 0.15) is 23.6 Å². The molecule has 0 spiro atoms. The minimum absolute atomic E-state index is 0.0535. The minimum atomic E-state index is -0.530. The number of benzene rings is 2. The molecule has 3 heterocycles. The van der Waals surface area contributed by atoms with Crippen LogP contribution < -0.4 is 15.7 Å². The molecular weight excluding hydrogens is 451 g/mol. The number of fused-ring (bicyclic) bond motifs is 3. The van der Waals surface area contributed by atoms with Gasteiger partial charge < -0.3 is 10.1 Å². The zero-order valence-corrected chi connectivity index (χ0v) is 18.0. The summed E-state index contributed by atoms with van der Waals surface area (Å²) in [7, 11) is 1.60. The normalized spacial score (nSPS) is 11.2. The summed E-state index contributed by atoms with van der Waals surface area (Å²) in [6.07, 6.45) is 3.18. The Morgan fingerprint density at radius 3 is 2.64 bits per heavy atom. The van der Waals surface area contributed by atoms with E-state index in [9.17, 15) is 14.0 Å². The van der Waals surface area contributed by atoms with Crippen molar-refractivity contribution in [1.82, 2.24) is 23.8 Å². The topological polar surface area (TPSA) is 94.9 Å². The van der Waals surface area contributed by atoms with Crippen LogP contribution in [0.1, 0.15) is 0 Å². The standard InChI is InChI=1S/C22H16ClFN6O3/c1-33-15-5-2-13(3-6-15)18-11-19-21-27-30(22(32)28(21)8-9-29(19)26-18)12-20(31)25-17-7-4-14(24)10-16(17)23/h2-11H,12H2,1H3,(H,25,31). The van der Waals surface area contributed by atoms with E-state index >= 15 is 0 Å². The first-order chi connectivity index (χ1) is 15.9. The molecule has 11 heteroatoms. The maximum atomic E-state index is 13.2. The zero-order chi connectivity index (χ0) is 23.1. The van der Waals surface area contributed by atoms with E-state index in [0.717, 1.165) is 22.1 Å². The molecule has 0 bridgehead atoms. The van der Waals surface area contributed by atoms with Gasteiger partial charge in [0, 0.05) is 18.0 Å². The second-order valence-corrected chi connectivity index (χ2v) is 7.60. The predicted molar refractivity (Wildman–Crippen MR) is 120 cm³/mol. The Hall–Kier alpha value is -4.18. The Morgan fingerprint density at radius 2 is 1.91 bits per heavy atom. The van der Waals surface area contributed by atoms with Crippen LogP contribution in [0.3, 0.4) is 0 Å². The van der Waals surface area contributed by atoms with E-state index in [-0.39, 0.29) is 17.3 Å². The van der Waals surface area contributed by atoms with Crippen molar-refractivity contribution in [2.75, 3.05) is 12.4 Å². The first kappa shape index (κ1) is 20.7.